The van der Waals surface area contributed by atoms with E-state index in [0.29, 0.717) is 17.5 Å². The minimum Gasteiger partial charge on any atom is -0.507 e. The lowest BCUT2D eigenvalue weighted by Crippen LogP contribution is -2.13. The highest BCUT2D eigenvalue weighted by Crippen LogP contribution is 2.35. The number of aromatic hydroxyl groups is 1. The van der Waals surface area contributed by atoms with Crippen LogP contribution in [0.1, 0.15) is 68.2 Å². The molecule has 5 heteroatoms. The molecule has 0 amide bonds. The zero-order chi connectivity index (χ0) is 15.9. The van der Waals surface area contributed by atoms with Gasteiger partial charge in [0, 0.05) is 5.56 Å². The van der Waals surface area contributed by atoms with Crippen molar-refractivity contribution >= 4 is 10.1 Å². The molecule has 0 aliphatic rings. The molecule has 1 atom stereocenters. The standard InChI is InChI=1S/C16H26O4S/c1-3-4-5-6-7-8-12-15(21(18,19)20)14-11-9-10-13(2)16(14)17/h9-11,15,17H,3-8,12H2,1-2H3,(H,18,19,20). The first-order valence-corrected chi connectivity index (χ1v) is 9.13. The van der Waals surface area contributed by atoms with E-state index in [1.807, 2.05) is 0 Å². The molecule has 4 nitrogen and oxygen atoms in total. The van der Waals surface area contributed by atoms with Crippen molar-refractivity contribution in [3.05, 3.63) is 29.3 Å². The number of hydrogen-bond donors (Lipinski definition) is 2. The predicted molar refractivity (Wildman–Crippen MR) is 85.1 cm³/mol. The van der Waals surface area contributed by atoms with Crippen molar-refractivity contribution in [3.63, 3.8) is 0 Å². The van der Waals surface area contributed by atoms with Gasteiger partial charge >= 0.3 is 0 Å². The number of aryl methyl sites for hydroxylation is 1. The Morgan fingerprint density at radius 1 is 1.10 bits per heavy atom. The van der Waals surface area contributed by atoms with Gasteiger partial charge in [-0.15, -0.1) is 0 Å². The minimum atomic E-state index is -4.21. The fraction of sp³-hybridized carbons (Fsp3) is 0.625. The molecule has 2 N–H and O–H groups in total. The topological polar surface area (TPSA) is 74.6 Å². The van der Waals surface area contributed by atoms with Crippen LogP contribution >= 0.6 is 0 Å². The Morgan fingerprint density at radius 3 is 2.33 bits per heavy atom. The lowest BCUT2D eigenvalue weighted by Gasteiger charge is -2.16. The van der Waals surface area contributed by atoms with Crippen LogP contribution in [0.3, 0.4) is 0 Å². The van der Waals surface area contributed by atoms with Gasteiger partial charge in [-0.1, -0.05) is 63.6 Å². The Morgan fingerprint density at radius 2 is 1.71 bits per heavy atom. The fourth-order valence-corrected chi connectivity index (χ4v) is 3.49. The van der Waals surface area contributed by atoms with Crippen molar-refractivity contribution in [1.82, 2.24) is 0 Å². The van der Waals surface area contributed by atoms with Crippen molar-refractivity contribution in [2.24, 2.45) is 0 Å². The van der Waals surface area contributed by atoms with Crippen molar-refractivity contribution < 1.29 is 18.1 Å². The first-order valence-electron chi connectivity index (χ1n) is 7.62. The second-order valence-corrected chi connectivity index (χ2v) is 7.17. The molecule has 0 aromatic heterocycles. The van der Waals surface area contributed by atoms with Gasteiger partial charge in [0.05, 0.1) is 0 Å². The number of hydrogen-bond acceptors (Lipinski definition) is 3. The zero-order valence-corrected chi connectivity index (χ0v) is 13.7. The van der Waals surface area contributed by atoms with Gasteiger partial charge in [0.15, 0.2) is 0 Å². The van der Waals surface area contributed by atoms with Gasteiger partial charge in [0.2, 0.25) is 0 Å². The number of para-hydroxylation sites is 1. The maximum atomic E-state index is 11.6. The summed E-state index contributed by atoms with van der Waals surface area (Å²) < 4.78 is 32.7. The third-order valence-corrected chi connectivity index (χ3v) is 5.00. The number of benzene rings is 1. The maximum absolute atomic E-state index is 11.6. The molecule has 1 aromatic rings. The van der Waals surface area contributed by atoms with Crippen LogP contribution in [0.5, 0.6) is 5.75 Å². The summed E-state index contributed by atoms with van der Waals surface area (Å²) in [5.41, 5.74) is 0.912. The molecule has 21 heavy (non-hydrogen) atoms. The highest BCUT2D eigenvalue weighted by Gasteiger charge is 2.27. The third-order valence-electron chi connectivity index (χ3n) is 3.80. The Balaban J connectivity index is 2.72. The summed E-state index contributed by atoms with van der Waals surface area (Å²) >= 11 is 0. The normalized spacial score (nSPS) is 13.3. The van der Waals surface area contributed by atoms with Crippen LogP contribution in [0.2, 0.25) is 0 Å². The van der Waals surface area contributed by atoms with Crippen LogP contribution in [-0.4, -0.2) is 18.1 Å². The van der Waals surface area contributed by atoms with E-state index in [4.69, 9.17) is 0 Å². The highest BCUT2D eigenvalue weighted by atomic mass is 32.2. The van der Waals surface area contributed by atoms with E-state index in [2.05, 4.69) is 6.92 Å². The molecule has 0 aliphatic carbocycles. The van der Waals surface area contributed by atoms with Crippen molar-refractivity contribution in [2.75, 3.05) is 0 Å². The molecular weight excluding hydrogens is 288 g/mol. The second-order valence-electron chi connectivity index (χ2n) is 5.57. The smallest absolute Gasteiger partial charge is 0.272 e. The van der Waals surface area contributed by atoms with Crippen LogP contribution in [0.25, 0.3) is 0 Å². The van der Waals surface area contributed by atoms with Gasteiger partial charge in [0.25, 0.3) is 10.1 Å². The van der Waals surface area contributed by atoms with E-state index >= 15 is 0 Å². The zero-order valence-electron chi connectivity index (χ0n) is 12.9. The van der Waals surface area contributed by atoms with E-state index in [0.717, 1.165) is 25.7 Å². The molecule has 0 heterocycles. The summed E-state index contributed by atoms with van der Waals surface area (Å²) in [4.78, 5) is 0. The highest BCUT2D eigenvalue weighted by molar-refractivity contribution is 7.86. The van der Waals surface area contributed by atoms with Gasteiger partial charge in [-0.3, -0.25) is 4.55 Å². The van der Waals surface area contributed by atoms with E-state index in [9.17, 15) is 18.1 Å². The SMILES string of the molecule is CCCCCCCCC(c1cccc(C)c1O)S(=O)(=O)O. The second kappa shape index (κ2) is 8.39. The first-order chi connectivity index (χ1) is 9.88. The fourth-order valence-electron chi connectivity index (χ4n) is 2.52. The summed E-state index contributed by atoms with van der Waals surface area (Å²) in [6, 6.07) is 4.98. The molecule has 120 valence electrons. The molecule has 0 bridgehead atoms. The molecule has 0 radical (unpaired) electrons. The summed E-state index contributed by atoms with van der Waals surface area (Å²) in [5, 5.41) is 8.99. The quantitative estimate of drug-likeness (QED) is 0.524. The Bertz CT molecular complexity index is 537. The van der Waals surface area contributed by atoms with Gasteiger partial charge in [-0.05, 0) is 18.9 Å². The summed E-state index contributed by atoms with van der Waals surface area (Å²) in [6.45, 7) is 3.86. The van der Waals surface area contributed by atoms with E-state index < -0.39 is 15.4 Å². The monoisotopic (exact) mass is 314 g/mol. The average Bonchev–Trinajstić information content (AvgIpc) is 2.40. The molecular formula is C16H26O4S. The Kier molecular flexibility index (Phi) is 7.18. The summed E-state index contributed by atoms with van der Waals surface area (Å²) in [5.74, 6) is -0.0360. The lowest BCUT2D eigenvalue weighted by molar-refractivity contribution is 0.439. The van der Waals surface area contributed by atoms with E-state index in [-0.39, 0.29) is 5.75 Å². The van der Waals surface area contributed by atoms with Crippen LogP contribution in [0, 0.1) is 6.92 Å². The van der Waals surface area contributed by atoms with Crippen LogP contribution in [0.4, 0.5) is 0 Å². The van der Waals surface area contributed by atoms with Gasteiger partial charge < -0.3 is 5.11 Å². The van der Waals surface area contributed by atoms with Crippen LogP contribution in [-0.2, 0) is 10.1 Å². The van der Waals surface area contributed by atoms with Crippen molar-refractivity contribution in [3.8, 4) is 5.75 Å². The van der Waals surface area contributed by atoms with Crippen molar-refractivity contribution in [2.45, 2.75) is 64.0 Å². The molecule has 0 spiro atoms. The van der Waals surface area contributed by atoms with Crippen LogP contribution in [0.15, 0.2) is 18.2 Å². The number of unbranched alkanes of at least 4 members (excludes halogenated alkanes) is 5. The number of phenolic OH excluding ortho intramolecular Hbond substituents is 1. The molecule has 0 fully saturated rings. The van der Waals surface area contributed by atoms with Gasteiger partial charge in [-0.2, -0.15) is 8.42 Å². The molecule has 1 unspecified atom stereocenters. The molecule has 0 aliphatic heterocycles. The molecule has 0 saturated heterocycles. The van der Waals surface area contributed by atoms with Gasteiger partial charge in [0.1, 0.15) is 11.0 Å². The first kappa shape index (κ1) is 18.0. The molecule has 0 saturated carbocycles. The van der Waals surface area contributed by atoms with Crippen molar-refractivity contribution in [1.29, 1.82) is 0 Å². The van der Waals surface area contributed by atoms with Gasteiger partial charge in [-0.25, -0.2) is 0 Å². The predicted octanol–water partition coefficient (Wildman–Crippen LogP) is 4.38. The lowest BCUT2D eigenvalue weighted by atomic mass is 10.0. The molecule has 1 aromatic carbocycles. The Labute approximate surface area is 128 Å². The van der Waals surface area contributed by atoms with E-state index in [1.54, 1.807) is 25.1 Å². The summed E-state index contributed by atoms with van der Waals surface area (Å²) in [7, 11) is -4.21. The third kappa shape index (κ3) is 5.67. The molecule has 1 rings (SSSR count). The maximum Gasteiger partial charge on any atom is 0.272 e. The largest absolute Gasteiger partial charge is 0.507 e. The van der Waals surface area contributed by atoms with Crippen LogP contribution < -0.4 is 0 Å². The Hall–Kier alpha value is -1.07. The number of phenols is 1. The average molecular weight is 314 g/mol. The minimum absolute atomic E-state index is 0.0360. The van der Waals surface area contributed by atoms with E-state index in [1.165, 1.54) is 12.8 Å². The number of rotatable bonds is 9. The summed E-state index contributed by atoms with van der Waals surface area (Å²) in [6.07, 6.45) is 6.60.